The molecule has 114 valence electrons. The van der Waals surface area contributed by atoms with Crippen molar-refractivity contribution in [3.05, 3.63) is 30.3 Å². The van der Waals surface area contributed by atoms with Crippen molar-refractivity contribution in [2.24, 2.45) is 0 Å². The van der Waals surface area contributed by atoms with Crippen molar-refractivity contribution in [2.45, 2.75) is 38.8 Å². The largest absolute Gasteiger partial charge is 0.465 e. The van der Waals surface area contributed by atoms with Crippen LogP contribution in [0, 0.1) is 0 Å². The molecule has 1 aliphatic rings. The minimum Gasteiger partial charge on any atom is -0.465 e. The van der Waals surface area contributed by atoms with Gasteiger partial charge in [-0.3, -0.25) is 14.5 Å². The molecule has 1 amide bonds. The van der Waals surface area contributed by atoms with Crippen LogP contribution in [0.15, 0.2) is 30.3 Å². The summed E-state index contributed by atoms with van der Waals surface area (Å²) in [7, 11) is 0. The second-order valence-electron chi connectivity index (χ2n) is 5.18. The van der Waals surface area contributed by atoms with Crippen molar-refractivity contribution in [2.75, 3.05) is 18.5 Å². The normalized spacial score (nSPS) is 20.0. The third-order valence-corrected chi connectivity index (χ3v) is 3.77. The number of esters is 1. The van der Waals surface area contributed by atoms with Crippen molar-refractivity contribution in [3.8, 4) is 0 Å². The number of para-hydroxylation sites is 1. The molecule has 2 atom stereocenters. The molecule has 1 heterocycles. The maximum atomic E-state index is 12.3. The highest BCUT2D eigenvalue weighted by Gasteiger charge is 2.37. The van der Waals surface area contributed by atoms with E-state index in [0.717, 1.165) is 25.1 Å². The minimum atomic E-state index is -0.359. The van der Waals surface area contributed by atoms with Crippen LogP contribution in [-0.2, 0) is 14.3 Å². The molecular weight excluding hydrogens is 268 g/mol. The standard InChI is InChI=1S/C16H22N2O3/c1-3-21-16(20)14-10-7-11-18(14)12(2)15(19)17-13-8-5-4-6-9-13/h4-6,8-9,12,14H,3,7,10-11H2,1-2H3,(H,17,19). The van der Waals surface area contributed by atoms with Crippen LogP contribution in [0.4, 0.5) is 5.69 Å². The predicted octanol–water partition coefficient (Wildman–Crippen LogP) is 2.04. The van der Waals surface area contributed by atoms with Gasteiger partial charge < -0.3 is 10.1 Å². The highest BCUT2D eigenvalue weighted by molar-refractivity contribution is 5.95. The van der Waals surface area contributed by atoms with Gasteiger partial charge in [0.1, 0.15) is 6.04 Å². The lowest BCUT2D eigenvalue weighted by Crippen LogP contribution is -2.48. The maximum Gasteiger partial charge on any atom is 0.323 e. The Morgan fingerprint density at radius 3 is 2.76 bits per heavy atom. The topological polar surface area (TPSA) is 58.6 Å². The first kappa shape index (κ1) is 15.5. The number of carbonyl (C=O) groups is 2. The summed E-state index contributed by atoms with van der Waals surface area (Å²) in [6.07, 6.45) is 1.66. The molecule has 0 aromatic heterocycles. The van der Waals surface area contributed by atoms with E-state index in [-0.39, 0.29) is 24.0 Å². The number of rotatable bonds is 5. The number of carbonyl (C=O) groups excluding carboxylic acids is 2. The fourth-order valence-corrected chi connectivity index (χ4v) is 2.66. The summed E-state index contributed by atoms with van der Waals surface area (Å²) >= 11 is 0. The maximum absolute atomic E-state index is 12.3. The zero-order valence-electron chi connectivity index (χ0n) is 12.5. The molecule has 5 heteroatoms. The summed E-state index contributed by atoms with van der Waals surface area (Å²) in [6.45, 7) is 4.74. The quantitative estimate of drug-likeness (QED) is 0.843. The zero-order chi connectivity index (χ0) is 15.2. The summed E-state index contributed by atoms with van der Waals surface area (Å²) in [6, 6.07) is 8.67. The molecule has 0 spiro atoms. The molecule has 1 aliphatic heterocycles. The number of nitrogens with one attached hydrogen (secondary N) is 1. The van der Waals surface area contributed by atoms with Crippen LogP contribution >= 0.6 is 0 Å². The number of anilines is 1. The average Bonchev–Trinajstić information content (AvgIpc) is 2.97. The van der Waals surface area contributed by atoms with E-state index in [9.17, 15) is 9.59 Å². The SMILES string of the molecule is CCOC(=O)C1CCCN1C(C)C(=O)Nc1ccccc1. The van der Waals surface area contributed by atoms with Crippen LogP contribution in [0.5, 0.6) is 0 Å². The molecule has 1 aromatic carbocycles. The van der Waals surface area contributed by atoms with Gasteiger partial charge in [-0.2, -0.15) is 0 Å². The molecule has 1 N–H and O–H groups in total. The van der Waals surface area contributed by atoms with E-state index in [4.69, 9.17) is 4.74 Å². The van der Waals surface area contributed by atoms with Crippen molar-refractivity contribution >= 4 is 17.6 Å². The second-order valence-corrected chi connectivity index (χ2v) is 5.18. The van der Waals surface area contributed by atoms with Crippen LogP contribution < -0.4 is 5.32 Å². The van der Waals surface area contributed by atoms with Crippen molar-refractivity contribution in [1.29, 1.82) is 0 Å². The fourth-order valence-electron chi connectivity index (χ4n) is 2.66. The Bertz CT molecular complexity index is 490. The van der Waals surface area contributed by atoms with E-state index in [1.165, 1.54) is 0 Å². The Morgan fingerprint density at radius 1 is 1.38 bits per heavy atom. The third-order valence-electron chi connectivity index (χ3n) is 3.77. The lowest BCUT2D eigenvalue weighted by molar-refractivity contribution is -0.149. The first-order chi connectivity index (χ1) is 10.1. The van der Waals surface area contributed by atoms with E-state index < -0.39 is 0 Å². The summed E-state index contributed by atoms with van der Waals surface area (Å²) in [5.41, 5.74) is 0.765. The van der Waals surface area contributed by atoms with Crippen molar-refractivity contribution < 1.29 is 14.3 Å². The molecule has 0 saturated carbocycles. The van der Waals surface area contributed by atoms with Gasteiger partial charge in [0, 0.05) is 5.69 Å². The van der Waals surface area contributed by atoms with Crippen LogP contribution in [-0.4, -0.2) is 42.0 Å². The second kappa shape index (κ2) is 7.22. The summed E-state index contributed by atoms with van der Waals surface area (Å²) in [4.78, 5) is 26.2. The summed E-state index contributed by atoms with van der Waals surface area (Å²) in [5, 5.41) is 2.88. The molecule has 2 rings (SSSR count). The smallest absolute Gasteiger partial charge is 0.323 e. The number of ether oxygens (including phenoxy) is 1. The number of likely N-dealkylation sites (tertiary alicyclic amines) is 1. The van der Waals surface area contributed by atoms with Gasteiger partial charge in [0.2, 0.25) is 5.91 Å². The molecule has 1 aromatic rings. The van der Waals surface area contributed by atoms with Gasteiger partial charge in [-0.25, -0.2) is 0 Å². The Balaban J connectivity index is 1.99. The summed E-state index contributed by atoms with van der Waals surface area (Å²) in [5.74, 6) is -0.327. The van der Waals surface area contributed by atoms with E-state index in [1.54, 1.807) is 6.92 Å². The molecule has 0 bridgehead atoms. The Labute approximate surface area is 125 Å². The molecular formula is C16H22N2O3. The lowest BCUT2D eigenvalue weighted by atomic mass is 10.2. The Kier molecular flexibility index (Phi) is 5.33. The minimum absolute atomic E-state index is 0.0996. The van der Waals surface area contributed by atoms with Crippen LogP contribution in [0.3, 0.4) is 0 Å². The molecule has 1 fully saturated rings. The van der Waals surface area contributed by atoms with Crippen LogP contribution in [0.2, 0.25) is 0 Å². The molecule has 0 radical (unpaired) electrons. The Hall–Kier alpha value is -1.88. The van der Waals surface area contributed by atoms with Gasteiger partial charge in [0.05, 0.1) is 12.6 Å². The van der Waals surface area contributed by atoms with E-state index >= 15 is 0 Å². The molecule has 5 nitrogen and oxygen atoms in total. The molecule has 1 saturated heterocycles. The van der Waals surface area contributed by atoms with E-state index in [1.807, 2.05) is 42.2 Å². The highest BCUT2D eigenvalue weighted by Crippen LogP contribution is 2.22. The van der Waals surface area contributed by atoms with E-state index in [0.29, 0.717) is 6.61 Å². The highest BCUT2D eigenvalue weighted by atomic mass is 16.5. The monoisotopic (exact) mass is 290 g/mol. The van der Waals surface area contributed by atoms with Gasteiger partial charge in [-0.1, -0.05) is 18.2 Å². The number of benzene rings is 1. The first-order valence-electron chi connectivity index (χ1n) is 7.41. The van der Waals surface area contributed by atoms with Gasteiger partial charge in [-0.05, 0) is 45.4 Å². The molecule has 2 unspecified atom stereocenters. The van der Waals surface area contributed by atoms with Gasteiger partial charge >= 0.3 is 5.97 Å². The van der Waals surface area contributed by atoms with Gasteiger partial charge in [-0.15, -0.1) is 0 Å². The molecule has 21 heavy (non-hydrogen) atoms. The first-order valence-corrected chi connectivity index (χ1v) is 7.41. The lowest BCUT2D eigenvalue weighted by Gasteiger charge is -2.28. The average molecular weight is 290 g/mol. The van der Waals surface area contributed by atoms with Crippen LogP contribution in [0.1, 0.15) is 26.7 Å². The number of nitrogens with zero attached hydrogens (tertiary/aromatic N) is 1. The van der Waals surface area contributed by atoms with Crippen molar-refractivity contribution in [1.82, 2.24) is 4.90 Å². The Morgan fingerprint density at radius 2 is 2.10 bits per heavy atom. The summed E-state index contributed by atoms with van der Waals surface area (Å²) < 4.78 is 5.09. The third kappa shape index (κ3) is 3.82. The fraction of sp³-hybridized carbons (Fsp3) is 0.500. The zero-order valence-corrected chi connectivity index (χ0v) is 12.5. The number of hydrogen-bond acceptors (Lipinski definition) is 4. The van der Waals surface area contributed by atoms with Gasteiger partial charge in [0.25, 0.3) is 0 Å². The number of amides is 1. The van der Waals surface area contributed by atoms with Crippen LogP contribution in [0.25, 0.3) is 0 Å². The number of hydrogen-bond donors (Lipinski definition) is 1. The van der Waals surface area contributed by atoms with E-state index in [2.05, 4.69) is 5.32 Å². The van der Waals surface area contributed by atoms with Crippen molar-refractivity contribution in [3.63, 3.8) is 0 Å². The molecule has 0 aliphatic carbocycles. The predicted molar refractivity (Wildman–Crippen MR) is 80.9 cm³/mol. The van der Waals surface area contributed by atoms with Gasteiger partial charge in [0.15, 0.2) is 0 Å².